The second kappa shape index (κ2) is 6.22. The van der Waals surface area contributed by atoms with Crippen molar-refractivity contribution in [3.8, 4) is 0 Å². The highest BCUT2D eigenvalue weighted by atomic mass is 16.5. The predicted molar refractivity (Wildman–Crippen MR) is 80.6 cm³/mol. The summed E-state index contributed by atoms with van der Waals surface area (Å²) in [6, 6.07) is 9.61. The van der Waals surface area contributed by atoms with E-state index in [2.05, 4.69) is 41.4 Å². The molecule has 4 nitrogen and oxygen atoms in total. The molecule has 0 aromatic heterocycles. The first kappa shape index (κ1) is 14.0. The Hall–Kier alpha value is -0.940. The minimum atomic E-state index is 0.180. The molecule has 3 atom stereocenters. The Labute approximate surface area is 121 Å². The van der Waals surface area contributed by atoms with Crippen LogP contribution in [-0.2, 0) is 4.74 Å². The highest BCUT2D eigenvalue weighted by molar-refractivity contribution is 5.37. The van der Waals surface area contributed by atoms with Gasteiger partial charge in [-0.15, -0.1) is 0 Å². The molecule has 1 aromatic carbocycles. The third-order valence-electron chi connectivity index (χ3n) is 4.38. The number of hydrogen-bond acceptors (Lipinski definition) is 4. The molecule has 1 saturated heterocycles. The smallest absolute Gasteiger partial charge is 0.0594 e. The normalized spacial score (nSPS) is 28.3. The van der Waals surface area contributed by atoms with Crippen LogP contribution in [0.15, 0.2) is 24.3 Å². The molecule has 2 aliphatic rings. The summed E-state index contributed by atoms with van der Waals surface area (Å²) >= 11 is 0. The number of nitrogens with zero attached hydrogens (tertiary/aromatic N) is 1. The lowest BCUT2D eigenvalue weighted by Gasteiger charge is -2.30. The summed E-state index contributed by atoms with van der Waals surface area (Å²) in [7, 11) is 0. The fourth-order valence-electron chi connectivity index (χ4n) is 3.40. The van der Waals surface area contributed by atoms with Crippen LogP contribution in [0.25, 0.3) is 0 Å². The van der Waals surface area contributed by atoms with E-state index in [1.165, 1.54) is 11.1 Å². The van der Waals surface area contributed by atoms with Crippen LogP contribution in [0.3, 0.4) is 0 Å². The molecule has 0 bridgehead atoms. The molecule has 110 valence electrons. The van der Waals surface area contributed by atoms with Crippen molar-refractivity contribution in [2.45, 2.75) is 31.5 Å². The van der Waals surface area contributed by atoms with E-state index in [1.54, 1.807) is 0 Å². The number of nitrogens with two attached hydrogens (primary N) is 1. The molecule has 0 spiro atoms. The maximum absolute atomic E-state index is 6.23. The van der Waals surface area contributed by atoms with Crippen LogP contribution >= 0.6 is 0 Å². The molecule has 0 amide bonds. The first-order valence-electron chi connectivity index (χ1n) is 7.64. The van der Waals surface area contributed by atoms with E-state index >= 15 is 0 Å². The quantitative estimate of drug-likeness (QED) is 0.873. The Morgan fingerprint density at radius 1 is 1.30 bits per heavy atom. The zero-order valence-corrected chi connectivity index (χ0v) is 12.2. The Morgan fingerprint density at radius 3 is 2.75 bits per heavy atom. The molecule has 4 heteroatoms. The number of nitrogens with one attached hydrogen (secondary N) is 1. The van der Waals surface area contributed by atoms with Crippen LogP contribution in [0.4, 0.5) is 0 Å². The number of benzene rings is 1. The maximum Gasteiger partial charge on any atom is 0.0594 e. The molecular formula is C16H25N3O. The lowest BCUT2D eigenvalue weighted by Crippen LogP contribution is -2.45. The van der Waals surface area contributed by atoms with E-state index in [0.29, 0.717) is 12.1 Å². The van der Waals surface area contributed by atoms with E-state index in [-0.39, 0.29) is 6.04 Å². The number of morpholine rings is 1. The highest BCUT2D eigenvalue weighted by Gasteiger charge is 2.29. The molecule has 1 heterocycles. The van der Waals surface area contributed by atoms with Gasteiger partial charge in [0.25, 0.3) is 0 Å². The Kier molecular flexibility index (Phi) is 4.36. The van der Waals surface area contributed by atoms with Gasteiger partial charge in [-0.2, -0.15) is 0 Å². The van der Waals surface area contributed by atoms with Crippen molar-refractivity contribution in [3.05, 3.63) is 35.4 Å². The summed E-state index contributed by atoms with van der Waals surface area (Å²) in [4.78, 5) is 2.47. The van der Waals surface area contributed by atoms with Crippen molar-refractivity contribution in [1.82, 2.24) is 10.2 Å². The van der Waals surface area contributed by atoms with Gasteiger partial charge in [0.1, 0.15) is 0 Å². The molecule has 1 aromatic rings. The van der Waals surface area contributed by atoms with Gasteiger partial charge >= 0.3 is 0 Å². The first-order valence-corrected chi connectivity index (χ1v) is 7.64. The summed E-state index contributed by atoms with van der Waals surface area (Å²) in [5.41, 5.74) is 8.92. The second-order valence-corrected chi connectivity index (χ2v) is 6.00. The molecular weight excluding hydrogens is 250 g/mol. The van der Waals surface area contributed by atoms with E-state index < -0.39 is 0 Å². The summed E-state index contributed by atoms with van der Waals surface area (Å²) in [5, 5.41) is 3.75. The minimum Gasteiger partial charge on any atom is -0.379 e. The zero-order chi connectivity index (χ0) is 13.9. The van der Waals surface area contributed by atoms with Crippen LogP contribution in [0.5, 0.6) is 0 Å². The monoisotopic (exact) mass is 275 g/mol. The SMILES string of the molecule is CC(CN1CCOCC1)NC1CC(N)c2ccccc21. The van der Waals surface area contributed by atoms with Crippen molar-refractivity contribution in [3.63, 3.8) is 0 Å². The van der Waals surface area contributed by atoms with Crippen LogP contribution in [0.1, 0.15) is 36.6 Å². The Balaban J connectivity index is 1.58. The van der Waals surface area contributed by atoms with Crippen LogP contribution in [-0.4, -0.2) is 43.8 Å². The predicted octanol–water partition coefficient (Wildman–Crippen LogP) is 1.44. The lowest BCUT2D eigenvalue weighted by atomic mass is 10.1. The number of rotatable bonds is 4. The molecule has 1 aliphatic heterocycles. The van der Waals surface area contributed by atoms with E-state index in [4.69, 9.17) is 10.5 Å². The molecule has 0 radical (unpaired) electrons. The molecule has 1 aliphatic carbocycles. The zero-order valence-electron chi connectivity index (χ0n) is 12.2. The van der Waals surface area contributed by atoms with Gasteiger partial charge in [0.2, 0.25) is 0 Å². The number of fused-ring (bicyclic) bond motifs is 1. The average Bonchev–Trinajstić information content (AvgIpc) is 2.77. The topological polar surface area (TPSA) is 50.5 Å². The van der Waals surface area contributed by atoms with E-state index in [9.17, 15) is 0 Å². The lowest BCUT2D eigenvalue weighted by molar-refractivity contribution is 0.0338. The van der Waals surface area contributed by atoms with Gasteiger partial charge in [0.15, 0.2) is 0 Å². The van der Waals surface area contributed by atoms with E-state index in [0.717, 1.165) is 39.3 Å². The van der Waals surface area contributed by atoms with Crippen LogP contribution in [0, 0.1) is 0 Å². The largest absolute Gasteiger partial charge is 0.379 e. The highest BCUT2D eigenvalue weighted by Crippen LogP contribution is 2.37. The minimum absolute atomic E-state index is 0.180. The fraction of sp³-hybridized carbons (Fsp3) is 0.625. The molecule has 3 unspecified atom stereocenters. The molecule has 1 fully saturated rings. The van der Waals surface area contributed by atoms with Gasteiger partial charge in [-0.1, -0.05) is 24.3 Å². The molecule has 3 N–H and O–H groups in total. The fourth-order valence-corrected chi connectivity index (χ4v) is 3.40. The van der Waals surface area contributed by atoms with Crippen LogP contribution < -0.4 is 11.1 Å². The number of hydrogen-bond donors (Lipinski definition) is 2. The number of ether oxygens (including phenoxy) is 1. The van der Waals surface area contributed by atoms with Crippen molar-refractivity contribution < 1.29 is 4.74 Å². The van der Waals surface area contributed by atoms with Crippen molar-refractivity contribution >= 4 is 0 Å². The van der Waals surface area contributed by atoms with Crippen LogP contribution in [0.2, 0.25) is 0 Å². The Bertz CT molecular complexity index is 445. The van der Waals surface area contributed by atoms with Gasteiger partial charge in [-0.05, 0) is 24.5 Å². The van der Waals surface area contributed by atoms with E-state index in [1.807, 2.05) is 0 Å². The van der Waals surface area contributed by atoms with Crippen molar-refractivity contribution in [2.75, 3.05) is 32.8 Å². The molecule has 3 rings (SSSR count). The van der Waals surface area contributed by atoms with Gasteiger partial charge in [-0.25, -0.2) is 0 Å². The standard InChI is InChI=1S/C16H25N3O/c1-12(11-19-6-8-20-9-7-19)18-16-10-15(17)13-4-2-3-5-14(13)16/h2-5,12,15-16,18H,6-11,17H2,1H3. The summed E-state index contributed by atoms with van der Waals surface area (Å²) < 4.78 is 5.40. The first-order chi connectivity index (χ1) is 9.74. The molecule has 0 saturated carbocycles. The van der Waals surface area contributed by atoms with Crippen molar-refractivity contribution in [1.29, 1.82) is 0 Å². The summed E-state index contributed by atoms with van der Waals surface area (Å²) in [5.74, 6) is 0. The molecule has 20 heavy (non-hydrogen) atoms. The maximum atomic E-state index is 6.23. The van der Waals surface area contributed by atoms with Crippen molar-refractivity contribution in [2.24, 2.45) is 5.73 Å². The summed E-state index contributed by atoms with van der Waals surface area (Å²) in [6.07, 6.45) is 1.01. The third-order valence-corrected chi connectivity index (χ3v) is 4.38. The third kappa shape index (κ3) is 3.04. The average molecular weight is 275 g/mol. The Morgan fingerprint density at radius 2 is 2.00 bits per heavy atom. The van der Waals surface area contributed by atoms with Gasteiger partial charge < -0.3 is 15.8 Å². The van der Waals surface area contributed by atoms with Gasteiger partial charge in [-0.3, -0.25) is 4.90 Å². The second-order valence-electron chi connectivity index (χ2n) is 6.00. The van der Waals surface area contributed by atoms with Gasteiger partial charge in [0.05, 0.1) is 13.2 Å². The summed E-state index contributed by atoms with van der Waals surface area (Å²) in [6.45, 7) is 7.17. The van der Waals surface area contributed by atoms with Gasteiger partial charge in [0, 0.05) is 37.8 Å².